The third-order valence-electron chi connectivity index (χ3n) is 4.24. The molecule has 2 fully saturated rings. The average molecular weight is 211 g/mol. The van der Waals surface area contributed by atoms with Crippen molar-refractivity contribution in [3.63, 3.8) is 0 Å². The normalized spacial score (nSPS) is 35.4. The molecular weight excluding hydrogens is 186 g/mol. The Bertz CT molecular complexity index is 197. The fourth-order valence-electron chi connectivity index (χ4n) is 3.21. The molecule has 1 aliphatic heterocycles. The van der Waals surface area contributed by atoms with Crippen molar-refractivity contribution in [3.8, 4) is 0 Å². The molecular formula is C12H25NSi. The average Bonchev–Trinajstić information content (AvgIpc) is 2.16. The molecule has 0 aromatic heterocycles. The minimum absolute atomic E-state index is 0.999. The zero-order chi connectivity index (χ0) is 10.2. The first kappa shape index (κ1) is 10.7. The Balaban J connectivity index is 1.96. The number of rotatable bonds is 1. The monoisotopic (exact) mass is 211 g/mol. The Labute approximate surface area is 90.0 Å². The Morgan fingerprint density at radius 3 is 2.21 bits per heavy atom. The fourth-order valence-corrected chi connectivity index (χ4v) is 4.79. The molecule has 2 unspecified atom stereocenters. The highest BCUT2D eigenvalue weighted by atomic mass is 28.3. The van der Waals surface area contributed by atoms with E-state index < -0.39 is 8.24 Å². The summed E-state index contributed by atoms with van der Waals surface area (Å²) in [5.41, 5.74) is 0. The number of fused-ring (bicyclic) bond motifs is 1. The second-order valence-corrected chi connectivity index (χ2v) is 11.2. The first-order valence-corrected chi connectivity index (χ1v) is 9.77. The smallest absolute Gasteiger partial charge is 0.119 e. The van der Waals surface area contributed by atoms with Crippen molar-refractivity contribution >= 4 is 8.24 Å². The topological polar surface area (TPSA) is 3.24 Å². The van der Waals surface area contributed by atoms with E-state index in [0.717, 1.165) is 11.8 Å². The molecule has 0 aromatic rings. The fraction of sp³-hybridized carbons (Fsp3) is 1.00. The van der Waals surface area contributed by atoms with Crippen molar-refractivity contribution in [1.29, 1.82) is 0 Å². The molecule has 1 aliphatic carbocycles. The lowest BCUT2D eigenvalue weighted by atomic mass is 9.76. The van der Waals surface area contributed by atoms with Crippen LogP contribution in [0.5, 0.6) is 0 Å². The molecule has 0 N–H and O–H groups in total. The van der Waals surface area contributed by atoms with Crippen molar-refractivity contribution in [1.82, 2.24) is 4.57 Å². The Kier molecular flexibility index (Phi) is 3.03. The maximum atomic E-state index is 2.83. The summed E-state index contributed by atoms with van der Waals surface area (Å²) in [6.07, 6.45) is 7.56. The van der Waals surface area contributed by atoms with E-state index in [0.29, 0.717) is 0 Å². The van der Waals surface area contributed by atoms with Crippen LogP contribution in [0.4, 0.5) is 0 Å². The maximum absolute atomic E-state index is 2.83. The highest BCUT2D eigenvalue weighted by molar-refractivity contribution is 6.73. The van der Waals surface area contributed by atoms with Crippen LogP contribution < -0.4 is 0 Å². The lowest BCUT2D eigenvalue weighted by Crippen LogP contribution is -2.53. The summed E-state index contributed by atoms with van der Waals surface area (Å²) in [5.74, 6) is 2.15. The van der Waals surface area contributed by atoms with Crippen molar-refractivity contribution in [2.24, 2.45) is 11.8 Å². The largest absolute Gasteiger partial charge is 0.324 e. The van der Waals surface area contributed by atoms with Gasteiger partial charge in [0.1, 0.15) is 8.24 Å². The van der Waals surface area contributed by atoms with Crippen LogP contribution in [0.3, 0.4) is 0 Å². The SMILES string of the molecule is C[Si](C)(C)N1CCC2CCCCC2C1. The summed E-state index contributed by atoms with van der Waals surface area (Å²) in [7, 11) is -0.999. The first-order chi connectivity index (χ1) is 6.57. The maximum Gasteiger partial charge on any atom is 0.119 e. The summed E-state index contributed by atoms with van der Waals surface area (Å²) in [6, 6.07) is 0. The van der Waals surface area contributed by atoms with Gasteiger partial charge in [0.25, 0.3) is 0 Å². The first-order valence-electron chi connectivity index (χ1n) is 6.32. The van der Waals surface area contributed by atoms with E-state index in [1.165, 1.54) is 45.2 Å². The van der Waals surface area contributed by atoms with E-state index in [9.17, 15) is 0 Å². The van der Waals surface area contributed by atoms with E-state index in [4.69, 9.17) is 0 Å². The molecule has 0 bridgehead atoms. The molecule has 1 saturated carbocycles. The van der Waals surface area contributed by atoms with Gasteiger partial charge in [-0.25, -0.2) is 0 Å². The van der Waals surface area contributed by atoms with Crippen LogP contribution in [0, 0.1) is 11.8 Å². The molecule has 0 aromatic carbocycles. The Hall–Kier alpha value is 0.177. The van der Waals surface area contributed by atoms with Gasteiger partial charge < -0.3 is 4.57 Å². The molecule has 2 aliphatic rings. The van der Waals surface area contributed by atoms with Crippen LogP contribution in [-0.2, 0) is 0 Å². The summed E-state index contributed by atoms with van der Waals surface area (Å²) < 4.78 is 2.83. The predicted molar refractivity (Wildman–Crippen MR) is 65.0 cm³/mol. The van der Waals surface area contributed by atoms with Gasteiger partial charge in [-0.15, -0.1) is 0 Å². The summed E-state index contributed by atoms with van der Waals surface area (Å²) in [5, 5.41) is 0. The summed E-state index contributed by atoms with van der Waals surface area (Å²) in [4.78, 5) is 0. The molecule has 0 amide bonds. The Morgan fingerprint density at radius 2 is 1.57 bits per heavy atom. The highest BCUT2D eigenvalue weighted by Crippen LogP contribution is 2.37. The van der Waals surface area contributed by atoms with Crippen LogP contribution in [-0.4, -0.2) is 25.9 Å². The number of piperidine rings is 1. The van der Waals surface area contributed by atoms with E-state index in [1.807, 2.05) is 0 Å². The molecule has 1 nitrogen and oxygen atoms in total. The number of hydrogen-bond acceptors (Lipinski definition) is 1. The number of nitrogens with zero attached hydrogens (tertiary/aromatic N) is 1. The zero-order valence-electron chi connectivity index (χ0n) is 10.1. The van der Waals surface area contributed by atoms with Crippen molar-refractivity contribution in [2.45, 2.75) is 51.7 Å². The van der Waals surface area contributed by atoms with Gasteiger partial charge in [-0.2, -0.15) is 0 Å². The van der Waals surface area contributed by atoms with Gasteiger partial charge in [-0.05, 0) is 37.8 Å². The van der Waals surface area contributed by atoms with Crippen molar-refractivity contribution < 1.29 is 0 Å². The molecule has 2 rings (SSSR count). The predicted octanol–water partition coefficient (Wildman–Crippen LogP) is 3.33. The van der Waals surface area contributed by atoms with Gasteiger partial charge in [0.15, 0.2) is 0 Å². The van der Waals surface area contributed by atoms with Gasteiger partial charge in [0.05, 0.1) is 0 Å². The summed E-state index contributed by atoms with van der Waals surface area (Å²) in [6.45, 7) is 10.3. The van der Waals surface area contributed by atoms with E-state index in [-0.39, 0.29) is 0 Å². The number of hydrogen-bond donors (Lipinski definition) is 0. The molecule has 14 heavy (non-hydrogen) atoms. The quantitative estimate of drug-likeness (QED) is 0.601. The Morgan fingerprint density at radius 1 is 0.929 bits per heavy atom. The van der Waals surface area contributed by atoms with Gasteiger partial charge in [-0.3, -0.25) is 0 Å². The van der Waals surface area contributed by atoms with Crippen LogP contribution in [0.15, 0.2) is 0 Å². The molecule has 1 heterocycles. The third-order valence-corrected chi connectivity index (χ3v) is 6.54. The zero-order valence-corrected chi connectivity index (χ0v) is 11.1. The second-order valence-electron chi connectivity index (χ2n) is 6.21. The third kappa shape index (κ3) is 2.22. The lowest BCUT2D eigenvalue weighted by Gasteiger charge is -2.46. The van der Waals surface area contributed by atoms with Gasteiger partial charge in [0.2, 0.25) is 0 Å². The van der Waals surface area contributed by atoms with E-state index >= 15 is 0 Å². The standard InChI is InChI=1S/C12H25NSi/c1-14(2,3)13-9-8-11-6-4-5-7-12(11)10-13/h11-12H,4-10H2,1-3H3. The molecule has 82 valence electrons. The van der Waals surface area contributed by atoms with Crippen LogP contribution in [0.1, 0.15) is 32.1 Å². The van der Waals surface area contributed by atoms with Crippen LogP contribution in [0.2, 0.25) is 19.6 Å². The van der Waals surface area contributed by atoms with E-state index in [2.05, 4.69) is 24.2 Å². The molecule has 1 saturated heterocycles. The molecule has 0 spiro atoms. The molecule has 0 radical (unpaired) electrons. The van der Waals surface area contributed by atoms with Gasteiger partial charge >= 0.3 is 0 Å². The van der Waals surface area contributed by atoms with E-state index in [1.54, 1.807) is 0 Å². The second kappa shape index (κ2) is 3.97. The lowest BCUT2D eigenvalue weighted by molar-refractivity contribution is 0.131. The highest BCUT2D eigenvalue weighted by Gasteiger charge is 2.35. The van der Waals surface area contributed by atoms with Gasteiger partial charge in [0, 0.05) is 0 Å². The van der Waals surface area contributed by atoms with Crippen LogP contribution >= 0.6 is 0 Å². The molecule has 2 atom stereocenters. The summed E-state index contributed by atoms with van der Waals surface area (Å²) >= 11 is 0. The molecule has 2 heteroatoms. The van der Waals surface area contributed by atoms with Crippen molar-refractivity contribution in [3.05, 3.63) is 0 Å². The minimum Gasteiger partial charge on any atom is -0.324 e. The van der Waals surface area contributed by atoms with Gasteiger partial charge in [-0.1, -0.05) is 38.9 Å². The van der Waals surface area contributed by atoms with Crippen molar-refractivity contribution in [2.75, 3.05) is 13.1 Å². The minimum atomic E-state index is -0.999. The van der Waals surface area contributed by atoms with Crippen LogP contribution in [0.25, 0.3) is 0 Å².